The molecule has 9 nitrogen and oxygen atoms in total. The molecule has 2 aromatic heterocycles. The van der Waals surface area contributed by atoms with Crippen LogP contribution in [0.2, 0.25) is 0 Å². The van der Waals surface area contributed by atoms with Gasteiger partial charge < -0.3 is 14.5 Å². The second-order valence-electron chi connectivity index (χ2n) is 8.67. The number of halogens is 1. The van der Waals surface area contributed by atoms with Crippen LogP contribution < -0.4 is 15.0 Å². The van der Waals surface area contributed by atoms with Crippen LogP contribution in [0.3, 0.4) is 0 Å². The summed E-state index contributed by atoms with van der Waals surface area (Å²) in [6.45, 7) is 2.03. The van der Waals surface area contributed by atoms with Gasteiger partial charge in [-0.3, -0.25) is 9.69 Å². The monoisotopic (exact) mass is 478 g/mol. The van der Waals surface area contributed by atoms with Gasteiger partial charge in [0, 0.05) is 17.0 Å². The molecule has 1 saturated heterocycles. The summed E-state index contributed by atoms with van der Waals surface area (Å²) < 4.78 is 25.9. The number of benzene rings is 2. The van der Waals surface area contributed by atoms with Gasteiger partial charge in [-0.2, -0.15) is 0 Å². The molecular formula is C25H27FN6O3. The molecule has 2 aromatic carbocycles. The number of aromatic nitrogens is 5. The van der Waals surface area contributed by atoms with Crippen molar-refractivity contribution in [2.24, 2.45) is 0 Å². The summed E-state index contributed by atoms with van der Waals surface area (Å²) in [5, 5.41) is 13.3. The van der Waals surface area contributed by atoms with E-state index < -0.39 is 6.04 Å². The highest BCUT2D eigenvalue weighted by Crippen LogP contribution is 2.34. The van der Waals surface area contributed by atoms with Crippen LogP contribution in [0.1, 0.15) is 42.3 Å². The van der Waals surface area contributed by atoms with E-state index in [1.807, 2.05) is 12.1 Å². The lowest BCUT2D eigenvalue weighted by molar-refractivity contribution is 0.177. The van der Waals surface area contributed by atoms with Gasteiger partial charge in [-0.05, 0) is 66.2 Å². The number of H-pyrrole nitrogens is 1. The van der Waals surface area contributed by atoms with Crippen LogP contribution in [0.25, 0.3) is 10.9 Å². The number of hydrogen-bond acceptors (Lipinski definition) is 7. The number of piperidine rings is 1. The first-order chi connectivity index (χ1) is 17.1. The van der Waals surface area contributed by atoms with Gasteiger partial charge in [-0.1, -0.05) is 18.6 Å². The predicted molar refractivity (Wildman–Crippen MR) is 128 cm³/mol. The number of hydrogen-bond donors (Lipinski definition) is 1. The molecule has 0 saturated carbocycles. The van der Waals surface area contributed by atoms with E-state index in [4.69, 9.17) is 9.47 Å². The van der Waals surface area contributed by atoms with Crippen molar-refractivity contribution >= 4 is 10.9 Å². The first-order valence-corrected chi connectivity index (χ1v) is 11.6. The Morgan fingerprint density at radius 3 is 2.46 bits per heavy atom. The maximum absolute atomic E-state index is 13.4. The van der Waals surface area contributed by atoms with Gasteiger partial charge in [0.05, 0.1) is 26.3 Å². The molecule has 1 aliphatic rings. The number of ether oxygens (including phenoxy) is 2. The maximum Gasteiger partial charge on any atom is 0.253 e. The lowest BCUT2D eigenvalue weighted by atomic mass is 10.00. The van der Waals surface area contributed by atoms with Crippen LogP contribution in [0.15, 0.2) is 47.3 Å². The van der Waals surface area contributed by atoms with Gasteiger partial charge in [-0.15, -0.1) is 5.10 Å². The minimum Gasteiger partial charge on any atom is -0.493 e. The lowest BCUT2D eigenvalue weighted by Gasteiger charge is -2.33. The average molecular weight is 479 g/mol. The molecule has 4 aromatic rings. The van der Waals surface area contributed by atoms with Crippen molar-refractivity contribution in [3.63, 3.8) is 0 Å². The zero-order valence-corrected chi connectivity index (χ0v) is 19.7. The van der Waals surface area contributed by atoms with Crippen molar-refractivity contribution in [1.82, 2.24) is 30.1 Å². The van der Waals surface area contributed by atoms with Crippen LogP contribution in [-0.4, -0.2) is 57.4 Å². The molecular weight excluding hydrogens is 451 g/mol. The number of likely N-dealkylation sites (tertiary alicyclic amines) is 1. The predicted octanol–water partition coefficient (Wildman–Crippen LogP) is 3.29. The third kappa shape index (κ3) is 4.61. The number of tetrazole rings is 1. The summed E-state index contributed by atoms with van der Waals surface area (Å²) in [6, 6.07) is 11.3. The Labute approximate surface area is 201 Å². The summed E-state index contributed by atoms with van der Waals surface area (Å²) in [5.74, 6) is 1.39. The number of methoxy groups -OCH3 is 2. The zero-order valence-electron chi connectivity index (χ0n) is 19.7. The molecule has 0 amide bonds. The highest BCUT2D eigenvalue weighted by atomic mass is 19.1. The molecule has 1 aliphatic heterocycles. The van der Waals surface area contributed by atoms with Crippen molar-refractivity contribution in [2.75, 3.05) is 27.3 Å². The number of nitrogens with one attached hydrogen (secondary N) is 1. The van der Waals surface area contributed by atoms with Crippen LogP contribution in [-0.2, 0) is 6.54 Å². The van der Waals surface area contributed by atoms with Gasteiger partial charge in [0.1, 0.15) is 11.9 Å². The summed E-state index contributed by atoms with van der Waals surface area (Å²) >= 11 is 0. The molecule has 1 unspecified atom stereocenters. The van der Waals surface area contributed by atoms with Crippen LogP contribution in [0.5, 0.6) is 11.5 Å². The molecule has 0 radical (unpaired) electrons. The average Bonchev–Trinajstić information content (AvgIpc) is 3.33. The van der Waals surface area contributed by atoms with E-state index in [-0.39, 0.29) is 11.4 Å². The molecule has 0 aliphatic carbocycles. The fourth-order valence-corrected chi connectivity index (χ4v) is 4.71. The third-order valence-corrected chi connectivity index (χ3v) is 6.48. The molecule has 5 rings (SSSR count). The molecule has 3 heterocycles. The van der Waals surface area contributed by atoms with Crippen LogP contribution >= 0.6 is 0 Å². The quantitative estimate of drug-likeness (QED) is 0.435. The minimum atomic E-state index is -0.438. The first kappa shape index (κ1) is 23.0. The smallest absolute Gasteiger partial charge is 0.253 e. The second kappa shape index (κ2) is 9.83. The standard InChI is InChI=1S/C25H27FN6O3/c1-34-21-13-17-12-19(25(33)27-20(17)14-22(21)35-2)23(31-10-4-3-5-11-31)24-28-29-30-32(24)15-16-6-8-18(26)9-7-16/h6-9,12-14,23H,3-5,10-11,15H2,1-2H3,(H,27,33). The fraction of sp³-hybridized carbons (Fsp3) is 0.360. The van der Waals surface area contributed by atoms with Crippen molar-refractivity contribution in [1.29, 1.82) is 0 Å². The molecule has 1 atom stereocenters. The van der Waals surface area contributed by atoms with E-state index in [2.05, 4.69) is 25.4 Å². The third-order valence-electron chi connectivity index (χ3n) is 6.48. The zero-order chi connectivity index (χ0) is 24.4. The number of nitrogens with zero attached hydrogens (tertiary/aromatic N) is 5. The van der Waals surface area contributed by atoms with E-state index in [1.165, 1.54) is 12.1 Å². The van der Waals surface area contributed by atoms with Gasteiger partial charge in [0.2, 0.25) is 0 Å². The molecule has 1 fully saturated rings. The summed E-state index contributed by atoms with van der Waals surface area (Å²) in [4.78, 5) is 18.7. The number of rotatable bonds is 7. The van der Waals surface area contributed by atoms with Gasteiger partial charge in [-0.25, -0.2) is 9.07 Å². The molecule has 0 bridgehead atoms. The Hall–Kier alpha value is -3.79. The van der Waals surface area contributed by atoms with Gasteiger partial charge in [0.15, 0.2) is 17.3 Å². The normalized spacial score (nSPS) is 15.3. The second-order valence-corrected chi connectivity index (χ2v) is 8.67. The van der Waals surface area contributed by atoms with Crippen molar-refractivity contribution in [3.05, 3.63) is 75.6 Å². The Kier molecular flexibility index (Phi) is 6.45. The van der Waals surface area contributed by atoms with E-state index in [1.54, 1.807) is 37.1 Å². The highest BCUT2D eigenvalue weighted by molar-refractivity contribution is 5.83. The van der Waals surface area contributed by atoms with Gasteiger partial charge >= 0.3 is 0 Å². The first-order valence-electron chi connectivity index (χ1n) is 11.6. The Balaban J connectivity index is 1.62. The summed E-state index contributed by atoms with van der Waals surface area (Å²) in [7, 11) is 3.14. The van der Waals surface area contributed by atoms with Crippen molar-refractivity contribution in [2.45, 2.75) is 31.8 Å². The number of fused-ring (bicyclic) bond motifs is 1. The molecule has 35 heavy (non-hydrogen) atoms. The van der Waals surface area contributed by atoms with E-state index in [0.29, 0.717) is 34.9 Å². The van der Waals surface area contributed by atoms with E-state index in [0.717, 1.165) is 43.3 Å². The van der Waals surface area contributed by atoms with Crippen LogP contribution in [0, 0.1) is 5.82 Å². The molecule has 0 spiro atoms. The van der Waals surface area contributed by atoms with Crippen molar-refractivity contribution in [3.8, 4) is 11.5 Å². The van der Waals surface area contributed by atoms with E-state index >= 15 is 0 Å². The summed E-state index contributed by atoms with van der Waals surface area (Å²) in [5.41, 5.74) is 1.86. The number of pyridine rings is 1. The SMILES string of the molecule is COc1cc2cc(C(c3nnnn3Cc3ccc(F)cc3)N3CCCCC3)c(=O)[nH]c2cc1OC. The largest absolute Gasteiger partial charge is 0.493 e. The maximum atomic E-state index is 13.4. The summed E-state index contributed by atoms with van der Waals surface area (Å²) in [6.07, 6.45) is 3.22. The van der Waals surface area contributed by atoms with Gasteiger partial charge in [0.25, 0.3) is 5.56 Å². The molecule has 10 heteroatoms. The topological polar surface area (TPSA) is 98.2 Å². The Morgan fingerprint density at radius 2 is 1.74 bits per heavy atom. The fourth-order valence-electron chi connectivity index (χ4n) is 4.71. The highest BCUT2D eigenvalue weighted by Gasteiger charge is 2.31. The minimum absolute atomic E-state index is 0.211. The Morgan fingerprint density at radius 1 is 1.03 bits per heavy atom. The van der Waals surface area contributed by atoms with Crippen molar-refractivity contribution < 1.29 is 13.9 Å². The van der Waals surface area contributed by atoms with Crippen LogP contribution in [0.4, 0.5) is 4.39 Å². The lowest BCUT2D eigenvalue weighted by Crippen LogP contribution is -2.38. The molecule has 1 N–H and O–H groups in total. The molecule has 182 valence electrons. The van der Waals surface area contributed by atoms with E-state index in [9.17, 15) is 9.18 Å². The number of aromatic amines is 1. The Bertz CT molecular complexity index is 1380.